The molecule has 1 N–H and O–H groups in total. The van der Waals surface area contributed by atoms with E-state index in [9.17, 15) is 22.4 Å². The van der Waals surface area contributed by atoms with Crippen LogP contribution >= 0.6 is 0 Å². The van der Waals surface area contributed by atoms with E-state index in [4.69, 9.17) is 9.47 Å². The normalized spacial score (nSPS) is 14.1. The lowest BCUT2D eigenvalue weighted by Gasteiger charge is -2.33. The molecule has 0 heterocycles. The van der Waals surface area contributed by atoms with Gasteiger partial charge in [-0.05, 0) is 85.5 Å². The van der Waals surface area contributed by atoms with Crippen molar-refractivity contribution >= 4 is 27.5 Å². The first-order chi connectivity index (χ1) is 20.7. The summed E-state index contributed by atoms with van der Waals surface area (Å²) in [6, 6.07) is 17.0. The Balaban J connectivity index is 1.71. The number of carbonyl (C=O) groups excluding carboxylic acids is 2. The molecule has 2 amide bonds. The molecule has 230 valence electrons. The second-order valence-electron chi connectivity index (χ2n) is 10.5. The van der Waals surface area contributed by atoms with Crippen LogP contribution in [0.2, 0.25) is 0 Å². The minimum absolute atomic E-state index is 0.0430. The molecule has 1 aliphatic carbocycles. The predicted molar refractivity (Wildman–Crippen MR) is 162 cm³/mol. The van der Waals surface area contributed by atoms with Crippen molar-refractivity contribution < 1.29 is 31.9 Å². The molecule has 3 aromatic rings. The van der Waals surface area contributed by atoms with Crippen molar-refractivity contribution in [1.29, 1.82) is 0 Å². The SMILES string of the molecule is CC[C@H](C(=O)NC1CCCC1)N(Cc1cccc(OC)c1)C(=O)CN(c1ccc(F)cc1)S(=O)(=O)c1ccc(OC)cc1. The first kappa shape index (κ1) is 31.8. The van der Waals surface area contributed by atoms with E-state index in [-0.39, 0.29) is 29.1 Å². The van der Waals surface area contributed by atoms with Crippen LogP contribution in [0.5, 0.6) is 11.5 Å². The van der Waals surface area contributed by atoms with Gasteiger partial charge in [-0.15, -0.1) is 0 Å². The molecule has 1 fully saturated rings. The predicted octanol–water partition coefficient (Wildman–Crippen LogP) is 4.90. The number of sulfonamides is 1. The number of methoxy groups -OCH3 is 2. The number of hydrogen-bond donors (Lipinski definition) is 1. The van der Waals surface area contributed by atoms with E-state index >= 15 is 0 Å². The van der Waals surface area contributed by atoms with E-state index in [1.807, 2.05) is 13.0 Å². The van der Waals surface area contributed by atoms with Gasteiger partial charge in [-0.1, -0.05) is 31.9 Å². The fourth-order valence-electron chi connectivity index (χ4n) is 5.27. The molecule has 0 radical (unpaired) electrons. The Morgan fingerprint density at radius 1 is 0.953 bits per heavy atom. The third kappa shape index (κ3) is 7.84. The lowest BCUT2D eigenvalue weighted by atomic mass is 10.1. The Hall–Kier alpha value is -4.12. The summed E-state index contributed by atoms with van der Waals surface area (Å²) in [6.07, 6.45) is 4.14. The van der Waals surface area contributed by atoms with Crippen LogP contribution in [-0.4, -0.2) is 58.0 Å². The standard InChI is InChI=1S/C32H38FN3O6S/c1-4-30(32(38)34-25-9-5-6-10-25)35(21-23-8-7-11-28(20-23)42-3)31(37)22-36(26-14-12-24(33)13-15-26)43(39,40)29-18-16-27(41-2)17-19-29/h7-8,11-20,25,30H,4-6,9-10,21-22H2,1-3H3,(H,34,38)/t30-/m1/s1. The Morgan fingerprint density at radius 3 is 2.21 bits per heavy atom. The lowest BCUT2D eigenvalue weighted by Crippen LogP contribution is -2.53. The average Bonchev–Trinajstić information content (AvgIpc) is 3.53. The van der Waals surface area contributed by atoms with Crippen molar-refractivity contribution in [3.8, 4) is 11.5 Å². The fourth-order valence-corrected chi connectivity index (χ4v) is 6.68. The minimum atomic E-state index is -4.29. The van der Waals surface area contributed by atoms with Crippen LogP contribution in [0.3, 0.4) is 0 Å². The van der Waals surface area contributed by atoms with E-state index in [0.29, 0.717) is 23.5 Å². The highest BCUT2D eigenvalue weighted by Gasteiger charge is 2.34. The zero-order valence-electron chi connectivity index (χ0n) is 24.7. The number of halogens is 1. The number of nitrogens with zero attached hydrogens (tertiary/aromatic N) is 2. The van der Waals surface area contributed by atoms with Gasteiger partial charge in [0.25, 0.3) is 10.0 Å². The molecule has 9 nitrogen and oxygen atoms in total. The Kier molecular flexibility index (Phi) is 10.6. The van der Waals surface area contributed by atoms with Gasteiger partial charge >= 0.3 is 0 Å². The fraction of sp³-hybridized carbons (Fsp3) is 0.375. The van der Waals surface area contributed by atoms with Crippen molar-refractivity contribution in [3.05, 3.63) is 84.2 Å². The molecule has 0 saturated heterocycles. The van der Waals surface area contributed by atoms with Gasteiger partial charge in [-0.25, -0.2) is 12.8 Å². The molecular formula is C32H38FN3O6S. The van der Waals surface area contributed by atoms with E-state index in [1.54, 1.807) is 18.2 Å². The van der Waals surface area contributed by atoms with Gasteiger partial charge in [-0.2, -0.15) is 0 Å². The number of benzene rings is 3. The smallest absolute Gasteiger partial charge is 0.264 e. The second kappa shape index (κ2) is 14.4. The number of nitrogens with one attached hydrogen (secondary N) is 1. The van der Waals surface area contributed by atoms with E-state index in [2.05, 4.69) is 5.32 Å². The van der Waals surface area contributed by atoms with Crippen LogP contribution in [0, 0.1) is 5.82 Å². The molecule has 1 atom stereocenters. The molecule has 4 rings (SSSR count). The summed E-state index contributed by atoms with van der Waals surface area (Å²) in [7, 11) is -1.28. The monoisotopic (exact) mass is 611 g/mol. The maximum atomic E-state index is 14.2. The third-order valence-corrected chi connectivity index (χ3v) is 9.40. The van der Waals surface area contributed by atoms with Crippen molar-refractivity contribution in [2.75, 3.05) is 25.1 Å². The minimum Gasteiger partial charge on any atom is -0.497 e. The summed E-state index contributed by atoms with van der Waals surface area (Å²) in [5, 5.41) is 3.09. The van der Waals surface area contributed by atoms with E-state index in [1.165, 1.54) is 55.5 Å². The maximum absolute atomic E-state index is 14.2. The highest BCUT2D eigenvalue weighted by Crippen LogP contribution is 2.27. The van der Waals surface area contributed by atoms with Gasteiger partial charge in [0.15, 0.2) is 0 Å². The van der Waals surface area contributed by atoms with Crippen LogP contribution < -0.4 is 19.1 Å². The molecule has 0 aliphatic heterocycles. The number of ether oxygens (including phenoxy) is 2. The third-order valence-electron chi connectivity index (χ3n) is 7.62. The first-order valence-electron chi connectivity index (χ1n) is 14.3. The summed E-state index contributed by atoms with van der Waals surface area (Å²) < 4.78 is 53.2. The molecule has 0 bridgehead atoms. The maximum Gasteiger partial charge on any atom is 0.264 e. The number of hydrogen-bond acceptors (Lipinski definition) is 6. The van der Waals surface area contributed by atoms with E-state index in [0.717, 1.165) is 42.1 Å². The number of rotatable bonds is 13. The number of anilines is 1. The summed E-state index contributed by atoms with van der Waals surface area (Å²) in [6.45, 7) is 1.25. The quantitative estimate of drug-likeness (QED) is 0.295. The van der Waals surface area contributed by atoms with Gasteiger partial charge in [0.05, 0.1) is 24.8 Å². The Labute approximate surface area is 252 Å². The van der Waals surface area contributed by atoms with Crippen molar-refractivity contribution in [2.45, 2.75) is 62.6 Å². The highest BCUT2D eigenvalue weighted by atomic mass is 32.2. The van der Waals surface area contributed by atoms with Gasteiger partial charge in [0, 0.05) is 12.6 Å². The van der Waals surface area contributed by atoms with Crippen molar-refractivity contribution in [2.24, 2.45) is 0 Å². The molecule has 0 spiro atoms. The van der Waals surface area contributed by atoms with Crippen LogP contribution in [0.1, 0.15) is 44.6 Å². The average molecular weight is 612 g/mol. The van der Waals surface area contributed by atoms with Crippen molar-refractivity contribution in [3.63, 3.8) is 0 Å². The van der Waals surface area contributed by atoms with Gasteiger partial charge in [-0.3, -0.25) is 13.9 Å². The first-order valence-corrected chi connectivity index (χ1v) is 15.8. The zero-order chi connectivity index (χ0) is 31.0. The summed E-state index contributed by atoms with van der Waals surface area (Å²) in [5.74, 6) is -0.365. The molecule has 3 aromatic carbocycles. The topological polar surface area (TPSA) is 105 Å². The molecule has 1 saturated carbocycles. The van der Waals surface area contributed by atoms with Crippen LogP contribution in [-0.2, 0) is 26.2 Å². The largest absolute Gasteiger partial charge is 0.497 e. The van der Waals surface area contributed by atoms with Crippen molar-refractivity contribution in [1.82, 2.24) is 10.2 Å². The number of amides is 2. The summed E-state index contributed by atoms with van der Waals surface area (Å²) in [5.41, 5.74) is 0.821. The zero-order valence-corrected chi connectivity index (χ0v) is 25.5. The summed E-state index contributed by atoms with van der Waals surface area (Å²) >= 11 is 0. The Morgan fingerprint density at radius 2 is 1.60 bits per heavy atom. The second-order valence-corrected chi connectivity index (χ2v) is 12.3. The van der Waals surface area contributed by atoms with Gasteiger partial charge < -0.3 is 19.7 Å². The number of carbonyl (C=O) groups is 2. The Bertz CT molecular complexity index is 1490. The van der Waals surface area contributed by atoms with Crippen LogP contribution in [0.15, 0.2) is 77.7 Å². The van der Waals surface area contributed by atoms with Crippen LogP contribution in [0.25, 0.3) is 0 Å². The molecule has 0 unspecified atom stereocenters. The molecular weight excluding hydrogens is 573 g/mol. The summed E-state index contributed by atoms with van der Waals surface area (Å²) in [4.78, 5) is 29.1. The molecule has 11 heteroatoms. The molecule has 43 heavy (non-hydrogen) atoms. The van der Waals surface area contributed by atoms with Gasteiger partial charge in [0.2, 0.25) is 11.8 Å². The van der Waals surface area contributed by atoms with E-state index < -0.39 is 34.3 Å². The molecule has 1 aliphatic rings. The van der Waals surface area contributed by atoms with Gasteiger partial charge in [0.1, 0.15) is 29.9 Å². The highest BCUT2D eigenvalue weighted by molar-refractivity contribution is 7.92. The van der Waals surface area contributed by atoms with Crippen LogP contribution in [0.4, 0.5) is 10.1 Å². The molecule has 0 aromatic heterocycles. The lowest BCUT2D eigenvalue weighted by molar-refractivity contribution is -0.140.